The largest absolute Gasteiger partial charge is 0.493 e. The number of carbonyl (C=O) groups excluding carboxylic acids is 1. The van der Waals surface area contributed by atoms with Crippen LogP contribution in [0.25, 0.3) is 17.1 Å². The van der Waals surface area contributed by atoms with E-state index in [1.54, 1.807) is 25.5 Å². The second-order valence-corrected chi connectivity index (χ2v) is 9.29. The van der Waals surface area contributed by atoms with E-state index in [0.717, 1.165) is 22.4 Å². The lowest BCUT2D eigenvalue weighted by atomic mass is 10.1. The average molecular weight is 536 g/mol. The minimum atomic E-state index is -0.276. The van der Waals surface area contributed by atoms with E-state index in [0.29, 0.717) is 34.1 Å². The molecule has 0 aliphatic rings. The number of hydrazone groups is 1. The molecule has 0 atom stereocenters. The Hall–Kier alpha value is -3.82. The molecule has 0 aliphatic carbocycles. The second-order valence-electron chi connectivity index (χ2n) is 7.91. The van der Waals surface area contributed by atoms with Crippen molar-refractivity contribution in [1.82, 2.24) is 20.2 Å². The van der Waals surface area contributed by atoms with Gasteiger partial charge in [-0.3, -0.25) is 9.36 Å². The molecule has 0 aliphatic heterocycles. The number of amides is 1. The van der Waals surface area contributed by atoms with Gasteiger partial charge in [0, 0.05) is 16.3 Å². The lowest BCUT2D eigenvalue weighted by molar-refractivity contribution is -0.118. The zero-order valence-corrected chi connectivity index (χ0v) is 22.2. The average Bonchev–Trinajstić information content (AvgIpc) is 3.33. The third-order valence-corrected chi connectivity index (χ3v) is 6.43. The van der Waals surface area contributed by atoms with Gasteiger partial charge in [-0.05, 0) is 61.9 Å². The number of aryl methyl sites for hydroxylation is 1. The molecule has 1 heterocycles. The number of hydrogen-bond donors (Lipinski definition) is 1. The zero-order valence-electron chi connectivity index (χ0n) is 20.6. The van der Waals surface area contributed by atoms with Crippen molar-refractivity contribution >= 4 is 35.5 Å². The molecule has 190 valence electrons. The minimum absolute atomic E-state index is 0.101. The van der Waals surface area contributed by atoms with Crippen LogP contribution in [-0.4, -0.2) is 46.4 Å². The third-order valence-electron chi connectivity index (χ3n) is 5.25. The van der Waals surface area contributed by atoms with Gasteiger partial charge < -0.3 is 9.47 Å². The van der Waals surface area contributed by atoms with Crippen LogP contribution in [0.15, 0.2) is 77.0 Å². The molecule has 0 unspecified atom stereocenters. The van der Waals surface area contributed by atoms with Gasteiger partial charge in [0.2, 0.25) is 0 Å². The smallest absolute Gasteiger partial charge is 0.250 e. The van der Waals surface area contributed by atoms with Gasteiger partial charge in [-0.25, -0.2) is 5.43 Å². The summed E-state index contributed by atoms with van der Waals surface area (Å²) in [6, 6.07) is 20.9. The van der Waals surface area contributed by atoms with Gasteiger partial charge in [-0.2, -0.15) is 5.10 Å². The van der Waals surface area contributed by atoms with Crippen LogP contribution in [0.1, 0.15) is 18.1 Å². The van der Waals surface area contributed by atoms with Gasteiger partial charge in [0.05, 0.1) is 25.7 Å². The maximum Gasteiger partial charge on any atom is 0.250 e. The van der Waals surface area contributed by atoms with Crippen LogP contribution < -0.4 is 14.9 Å². The normalized spacial score (nSPS) is 11.0. The monoisotopic (exact) mass is 535 g/mol. The van der Waals surface area contributed by atoms with Crippen LogP contribution in [0.2, 0.25) is 5.02 Å². The topological polar surface area (TPSA) is 90.6 Å². The van der Waals surface area contributed by atoms with Crippen LogP contribution >= 0.6 is 23.4 Å². The predicted octanol–water partition coefficient (Wildman–Crippen LogP) is 5.55. The highest BCUT2D eigenvalue weighted by Crippen LogP contribution is 2.29. The second kappa shape index (κ2) is 12.4. The first-order chi connectivity index (χ1) is 18.0. The minimum Gasteiger partial charge on any atom is -0.493 e. The lowest BCUT2D eigenvalue weighted by Crippen LogP contribution is -2.20. The molecule has 4 aromatic rings. The Morgan fingerprint density at radius 1 is 1.08 bits per heavy atom. The molecule has 3 aromatic carbocycles. The summed E-state index contributed by atoms with van der Waals surface area (Å²) in [5, 5.41) is 14.0. The maximum absolute atomic E-state index is 12.5. The summed E-state index contributed by atoms with van der Waals surface area (Å²) in [5.74, 6) is 1.74. The SMILES string of the molecule is CCOc1ccc(C=NNC(=O)CSc2nnc(-c3ccc(C)cc3)n2-c2ccc(Cl)cc2)cc1OC. The van der Waals surface area contributed by atoms with E-state index in [1.807, 2.05) is 73.0 Å². The molecular formula is C27H26ClN5O3S. The Labute approximate surface area is 224 Å². The molecule has 0 spiro atoms. The van der Waals surface area contributed by atoms with E-state index in [-0.39, 0.29) is 11.7 Å². The van der Waals surface area contributed by atoms with E-state index < -0.39 is 0 Å². The van der Waals surface area contributed by atoms with Crippen molar-refractivity contribution in [3.8, 4) is 28.6 Å². The number of rotatable bonds is 10. The summed E-state index contributed by atoms with van der Waals surface area (Å²) in [5.41, 5.74) is 6.22. The summed E-state index contributed by atoms with van der Waals surface area (Å²) >= 11 is 7.36. The molecule has 37 heavy (non-hydrogen) atoms. The number of nitrogens with one attached hydrogen (secondary N) is 1. The summed E-state index contributed by atoms with van der Waals surface area (Å²) in [4.78, 5) is 12.5. The molecule has 1 amide bonds. The fourth-order valence-electron chi connectivity index (χ4n) is 3.46. The molecule has 0 radical (unpaired) electrons. The highest BCUT2D eigenvalue weighted by atomic mass is 35.5. The summed E-state index contributed by atoms with van der Waals surface area (Å²) in [6.45, 7) is 4.47. The first-order valence-corrected chi connectivity index (χ1v) is 12.9. The lowest BCUT2D eigenvalue weighted by Gasteiger charge is -2.10. The Bertz CT molecular complexity index is 1390. The summed E-state index contributed by atoms with van der Waals surface area (Å²) in [6.07, 6.45) is 1.55. The zero-order chi connectivity index (χ0) is 26.2. The number of nitrogens with zero attached hydrogens (tertiary/aromatic N) is 4. The molecule has 1 N–H and O–H groups in total. The summed E-state index contributed by atoms with van der Waals surface area (Å²) in [7, 11) is 1.57. The van der Waals surface area contributed by atoms with E-state index in [2.05, 4.69) is 20.7 Å². The van der Waals surface area contributed by atoms with Gasteiger partial charge >= 0.3 is 0 Å². The first-order valence-electron chi connectivity index (χ1n) is 11.5. The van der Waals surface area contributed by atoms with Crippen molar-refractivity contribution in [2.24, 2.45) is 5.10 Å². The van der Waals surface area contributed by atoms with Crippen LogP contribution in [-0.2, 0) is 4.79 Å². The number of thioether (sulfide) groups is 1. The Kier molecular flexibility index (Phi) is 8.81. The van der Waals surface area contributed by atoms with Crippen molar-refractivity contribution in [1.29, 1.82) is 0 Å². The quantitative estimate of drug-likeness (QED) is 0.163. The fraction of sp³-hybridized carbons (Fsp3) is 0.185. The molecule has 8 nitrogen and oxygen atoms in total. The number of benzene rings is 3. The van der Waals surface area contributed by atoms with Crippen molar-refractivity contribution in [3.05, 3.63) is 82.9 Å². The van der Waals surface area contributed by atoms with Crippen LogP contribution in [0.5, 0.6) is 11.5 Å². The van der Waals surface area contributed by atoms with Crippen molar-refractivity contribution in [2.45, 2.75) is 19.0 Å². The highest BCUT2D eigenvalue weighted by Gasteiger charge is 2.17. The molecule has 1 aromatic heterocycles. The third kappa shape index (κ3) is 6.69. The number of ether oxygens (including phenoxy) is 2. The number of methoxy groups -OCH3 is 1. The Morgan fingerprint density at radius 2 is 1.84 bits per heavy atom. The van der Waals surface area contributed by atoms with Gasteiger partial charge in [-0.15, -0.1) is 10.2 Å². The highest BCUT2D eigenvalue weighted by molar-refractivity contribution is 7.99. The van der Waals surface area contributed by atoms with Crippen LogP contribution in [0, 0.1) is 6.92 Å². The van der Waals surface area contributed by atoms with E-state index in [1.165, 1.54) is 11.8 Å². The van der Waals surface area contributed by atoms with Crippen molar-refractivity contribution < 1.29 is 14.3 Å². The Morgan fingerprint density at radius 3 is 2.54 bits per heavy atom. The number of aromatic nitrogens is 3. The standard InChI is InChI=1S/C27H26ClN5O3S/c1-4-36-23-14-7-19(15-24(23)35-3)16-29-30-25(34)17-37-27-32-31-26(20-8-5-18(2)6-9-20)33(27)22-12-10-21(28)11-13-22/h5-16H,4,17H2,1-3H3,(H,30,34). The van der Waals surface area contributed by atoms with Crippen LogP contribution in [0.4, 0.5) is 0 Å². The molecule has 0 bridgehead atoms. The van der Waals surface area contributed by atoms with E-state index in [9.17, 15) is 4.79 Å². The molecular weight excluding hydrogens is 510 g/mol. The van der Waals surface area contributed by atoms with Gasteiger partial charge in [-0.1, -0.05) is 53.2 Å². The molecule has 10 heteroatoms. The van der Waals surface area contributed by atoms with Gasteiger partial charge in [0.15, 0.2) is 22.5 Å². The molecule has 0 fully saturated rings. The first kappa shape index (κ1) is 26.2. The Balaban J connectivity index is 1.46. The summed E-state index contributed by atoms with van der Waals surface area (Å²) < 4.78 is 12.8. The predicted molar refractivity (Wildman–Crippen MR) is 147 cm³/mol. The molecule has 0 saturated carbocycles. The van der Waals surface area contributed by atoms with Gasteiger partial charge in [0.25, 0.3) is 5.91 Å². The van der Waals surface area contributed by atoms with Gasteiger partial charge in [0.1, 0.15) is 0 Å². The van der Waals surface area contributed by atoms with E-state index >= 15 is 0 Å². The number of carbonyl (C=O) groups is 1. The molecule has 0 saturated heterocycles. The number of halogens is 1. The van der Waals surface area contributed by atoms with E-state index in [4.69, 9.17) is 21.1 Å². The van der Waals surface area contributed by atoms with Crippen molar-refractivity contribution in [3.63, 3.8) is 0 Å². The van der Waals surface area contributed by atoms with Crippen LogP contribution in [0.3, 0.4) is 0 Å². The fourth-order valence-corrected chi connectivity index (χ4v) is 4.33. The maximum atomic E-state index is 12.5. The number of hydrogen-bond acceptors (Lipinski definition) is 7. The molecule has 4 rings (SSSR count). The van der Waals surface area contributed by atoms with Crippen molar-refractivity contribution in [2.75, 3.05) is 19.5 Å².